The van der Waals surface area contributed by atoms with Crippen LogP contribution in [0.25, 0.3) is 0 Å². The predicted octanol–water partition coefficient (Wildman–Crippen LogP) is 2.68. The van der Waals surface area contributed by atoms with Crippen molar-refractivity contribution in [1.29, 1.82) is 5.26 Å². The summed E-state index contributed by atoms with van der Waals surface area (Å²) >= 11 is 11.8. The van der Waals surface area contributed by atoms with Crippen LogP contribution in [0.3, 0.4) is 0 Å². The molecule has 0 aliphatic carbocycles. The zero-order chi connectivity index (χ0) is 10.1. The lowest BCUT2D eigenvalue weighted by Crippen LogP contribution is -2.45. The van der Waals surface area contributed by atoms with Crippen LogP contribution in [0.5, 0.6) is 0 Å². The Morgan fingerprint density at radius 1 is 1.38 bits per heavy atom. The molecule has 0 saturated carbocycles. The lowest BCUT2D eigenvalue weighted by atomic mass is 10.0. The van der Waals surface area contributed by atoms with E-state index in [-0.39, 0.29) is 0 Å². The molecule has 1 rings (SSSR count). The van der Waals surface area contributed by atoms with Gasteiger partial charge in [0, 0.05) is 23.2 Å². The lowest BCUT2D eigenvalue weighted by Gasteiger charge is -2.35. The number of hydrogen-bond donors (Lipinski definition) is 0. The lowest BCUT2D eigenvalue weighted by molar-refractivity contribution is 0.181. The average molecular weight is 219 g/mol. The first kappa shape index (κ1) is 10.8. The van der Waals surface area contributed by atoms with Gasteiger partial charge in [0.25, 0.3) is 0 Å². The normalized spacial score (nSPS) is 20.2. The Balaban J connectivity index is 2.75. The van der Waals surface area contributed by atoms with Gasteiger partial charge < -0.3 is 0 Å². The summed E-state index contributed by atoms with van der Waals surface area (Å²) in [5.41, 5.74) is -0.461. The van der Waals surface area contributed by atoms with Crippen molar-refractivity contribution in [2.75, 3.05) is 13.1 Å². The molecular weight excluding hydrogens is 207 g/mol. The number of nitrogens with zero attached hydrogens (tertiary/aromatic N) is 2. The first-order valence-electron chi connectivity index (χ1n) is 4.16. The molecule has 2 nitrogen and oxygen atoms in total. The molecule has 0 bridgehead atoms. The van der Waals surface area contributed by atoms with Gasteiger partial charge >= 0.3 is 0 Å². The molecule has 0 radical (unpaired) electrons. The van der Waals surface area contributed by atoms with Crippen molar-refractivity contribution in [2.24, 2.45) is 0 Å². The van der Waals surface area contributed by atoms with E-state index in [1.807, 2.05) is 18.7 Å². The van der Waals surface area contributed by atoms with Crippen LogP contribution in [-0.4, -0.2) is 23.5 Å². The summed E-state index contributed by atoms with van der Waals surface area (Å²) in [6.45, 7) is 5.16. The molecule has 0 aromatic heterocycles. The first-order chi connectivity index (χ1) is 5.97. The second-order valence-corrected chi connectivity index (χ2v) is 4.56. The van der Waals surface area contributed by atoms with E-state index < -0.39 is 5.54 Å². The highest BCUT2D eigenvalue weighted by Crippen LogP contribution is 2.28. The summed E-state index contributed by atoms with van der Waals surface area (Å²) in [4.78, 5) is 2.03. The quantitative estimate of drug-likeness (QED) is 0.677. The fraction of sp³-hybridized carbons (Fsp3) is 0.667. The molecule has 0 fully saturated rings. The van der Waals surface area contributed by atoms with Gasteiger partial charge in [-0.2, -0.15) is 5.26 Å². The van der Waals surface area contributed by atoms with Crippen LogP contribution in [0.4, 0.5) is 0 Å². The molecule has 72 valence electrons. The minimum absolute atomic E-state index is 0.461. The largest absolute Gasteiger partial charge is 0.280 e. The fourth-order valence-electron chi connectivity index (χ4n) is 1.25. The molecule has 0 N–H and O–H groups in total. The van der Waals surface area contributed by atoms with Gasteiger partial charge in [-0.05, 0) is 20.3 Å². The van der Waals surface area contributed by atoms with Crippen molar-refractivity contribution in [1.82, 2.24) is 4.90 Å². The standard InChI is InChI=1S/C9H12Cl2N2/c1-9(2,6-12)13-4-3-7(10)8(11)5-13/h3-5H2,1-2H3. The second-order valence-electron chi connectivity index (χ2n) is 3.65. The van der Waals surface area contributed by atoms with Gasteiger partial charge in [-0.15, -0.1) is 0 Å². The van der Waals surface area contributed by atoms with Crippen LogP contribution in [0.1, 0.15) is 20.3 Å². The highest BCUT2D eigenvalue weighted by atomic mass is 35.5. The van der Waals surface area contributed by atoms with E-state index in [1.165, 1.54) is 0 Å². The van der Waals surface area contributed by atoms with E-state index in [4.69, 9.17) is 28.5 Å². The molecule has 1 aliphatic rings. The predicted molar refractivity (Wildman–Crippen MR) is 54.6 cm³/mol. The Kier molecular flexibility index (Phi) is 3.23. The van der Waals surface area contributed by atoms with E-state index in [1.54, 1.807) is 0 Å². The molecule has 13 heavy (non-hydrogen) atoms. The smallest absolute Gasteiger partial charge is 0.103 e. The summed E-state index contributed by atoms with van der Waals surface area (Å²) in [7, 11) is 0. The molecule has 0 aromatic carbocycles. The molecule has 1 heterocycles. The minimum Gasteiger partial charge on any atom is -0.280 e. The van der Waals surface area contributed by atoms with Crippen LogP contribution >= 0.6 is 23.2 Å². The van der Waals surface area contributed by atoms with E-state index in [0.29, 0.717) is 11.6 Å². The fourth-order valence-corrected chi connectivity index (χ4v) is 1.63. The molecular formula is C9H12Cl2N2. The second kappa shape index (κ2) is 3.88. The number of nitriles is 1. The van der Waals surface area contributed by atoms with Gasteiger partial charge in [0.15, 0.2) is 0 Å². The Morgan fingerprint density at radius 3 is 2.46 bits per heavy atom. The molecule has 1 aliphatic heterocycles. The third-order valence-electron chi connectivity index (χ3n) is 2.29. The highest BCUT2D eigenvalue weighted by Gasteiger charge is 2.29. The van der Waals surface area contributed by atoms with E-state index in [9.17, 15) is 0 Å². The van der Waals surface area contributed by atoms with Crippen molar-refractivity contribution in [3.8, 4) is 6.07 Å². The summed E-state index contributed by atoms with van der Waals surface area (Å²) < 4.78 is 0. The summed E-state index contributed by atoms with van der Waals surface area (Å²) in [5, 5.41) is 10.3. The molecule has 0 atom stereocenters. The van der Waals surface area contributed by atoms with Gasteiger partial charge in [0.2, 0.25) is 0 Å². The molecule has 0 saturated heterocycles. The molecule has 0 unspecified atom stereocenters. The summed E-state index contributed by atoms with van der Waals surface area (Å²) in [5.74, 6) is 0. The van der Waals surface area contributed by atoms with Crippen molar-refractivity contribution in [2.45, 2.75) is 25.8 Å². The molecule has 4 heteroatoms. The minimum atomic E-state index is -0.461. The van der Waals surface area contributed by atoms with Crippen LogP contribution in [0, 0.1) is 11.3 Å². The number of rotatable bonds is 1. The highest BCUT2D eigenvalue weighted by molar-refractivity contribution is 6.39. The van der Waals surface area contributed by atoms with Crippen molar-refractivity contribution in [3.63, 3.8) is 0 Å². The SMILES string of the molecule is CC(C)(C#N)N1CCC(Cl)=C(Cl)C1. The van der Waals surface area contributed by atoms with Gasteiger partial charge in [-0.25, -0.2) is 0 Å². The van der Waals surface area contributed by atoms with Crippen LogP contribution in [-0.2, 0) is 0 Å². The Morgan fingerprint density at radius 2 is 2.00 bits per heavy atom. The Hall–Kier alpha value is -0.230. The van der Waals surface area contributed by atoms with Gasteiger partial charge in [-0.1, -0.05) is 23.2 Å². The Labute approximate surface area is 88.7 Å². The van der Waals surface area contributed by atoms with Crippen molar-refractivity contribution in [3.05, 3.63) is 10.1 Å². The topological polar surface area (TPSA) is 27.0 Å². The monoisotopic (exact) mass is 218 g/mol. The molecule has 0 aromatic rings. The average Bonchev–Trinajstić information content (AvgIpc) is 2.09. The maximum Gasteiger partial charge on any atom is 0.103 e. The van der Waals surface area contributed by atoms with Crippen LogP contribution in [0.15, 0.2) is 10.1 Å². The maximum absolute atomic E-state index is 8.91. The van der Waals surface area contributed by atoms with E-state index >= 15 is 0 Å². The first-order valence-corrected chi connectivity index (χ1v) is 4.92. The number of halogens is 2. The molecule has 0 spiro atoms. The number of hydrogen-bond acceptors (Lipinski definition) is 2. The summed E-state index contributed by atoms with van der Waals surface area (Å²) in [6.07, 6.45) is 0.742. The molecule has 0 amide bonds. The summed E-state index contributed by atoms with van der Waals surface area (Å²) in [6, 6.07) is 2.25. The zero-order valence-corrected chi connectivity index (χ0v) is 9.28. The zero-order valence-electron chi connectivity index (χ0n) is 7.77. The van der Waals surface area contributed by atoms with Gasteiger partial charge in [0.05, 0.1) is 6.07 Å². The third kappa shape index (κ3) is 2.37. The van der Waals surface area contributed by atoms with E-state index in [0.717, 1.165) is 18.0 Å². The van der Waals surface area contributed by atoms with Crippen molar-refractivity contribution < 1.29 is 0 Å². The third-order valence-corrected chi connectivity index (χ3v) is 3.15. The van der Waals surface area contributed by atoms with Gasteiger partial charge in [-0.3, -0.25) is 4.90 Å². The van der Waals surface area contributed by atoms with Crippen LogP contribution in [0.2, 0.25) is 0 Å². The maximum atomic E-state index is 8.91. The van der Waals surface area contributed by atoms with Gasteiger partial charge in [0.1, 0.15) is 5.54 Å². The Bertz CT molecular complexity index is 276. The van der Waals surface area contributed by atoms with Crippen LogP contribution < -0.4 is 0 Å². The van der Waals surface area contributed by atoms with Crippen molar-refractivity contribution >= 4 is 23.2 Å². The van der Waals surface area contributed by atoms with E-state index in [2.05, 4.69) is 6.07 Å².